The Hall–Kier alpha value is -2.53. The fourth-order valence-electron chi connectivity index (χ4n) is 2.20. The fourth-order valence-corrected chi connectivity index (χ4v) is 2.95. The van der Waals surface area contributed by atoms with E-state index in [-0.39, 0.29) is 5.91 Å². The first kappa shape index (κ1) is 14.4. The van der Waals surface area contributed by atoms with Crippen LogP contribution in [-0.2, 0) is 0 Å². The van der Waals surface area contributed by atoms with Crippen LogP contribution in [0.5, 0.6) is 0 Å². The van der Waals surface area contributed by atoms with Gasteiger partial charge in [-0.25, -0.2) is 0 Å². The molecule has 1 heterocycles. The van der Waals surface area contributed by atoms with E-state index in [1.807, 2.05) is 62.4 Å². The second-order valence-corrected chi connectivity index (χ2v) is 6.03. The third-order valence-corrected chi connectivity index (χ3v) is 4.18. The summed E-state index contributed by atoms with van der Waals surface area (Å²) in [7, 11) is 0. The molecule has 22 heavy (non-hydrogen) atoms. The van der Waals surface area contributed by atoms with Crippen molar-refractivity contribution in [2.24, 2.45) is 0 Å². The highest BCUT2D eigenvalue weighted by atomic mass is 32.1. The van der Waals surface area contributed by atoms with Crippen molar-refractivity contribution < 1.29 is 4.79 Å². The molecular weight excluding hydrogens is 294 g/mol. The van der Waals surface area contributed by atoms with Gasteiger partial charge in [0, 0.05) is 11.1 Å². The monoisotopic (exact) mass is 309 g/mol. The zero-order valence-electron chi connectivity index (χ0n) is 12.3. The summed E-state index contributed by atoms with van der Waals surface area (Å²) in [6.07, 6.45) is 0. The number of nitrogens with zero attached hydrogens (tertiary/aromatic N) is 2. The molecule has 2 aromatic carbocycles. The molecule has 0 radical (unpaired) electrons. The van der Waals surface area contributed by atoms with Gasteiger partial charge in [0.25, 0.3) is 5.91 Å². The van der Waals surface area contributed by atoms with Gasteiger partial charge >= 0.3 is 0 Å². The lowest BCUT2D eigenvalue weighted by Gasteiger charge is -2.05. The van der Waals surface area contributed by atoms with Crippen molar-refractivity contribution >= 4 is 22.4 Å². The van der Waals surface area contributed by atoms with E-state index in [2.05, 4.69) is 15.5 Å². The van der Waals surface area contributed by atoms with E-state index in [0.29, 0.717) is 10.7 Å². The highest BCUT2D eigenvalue weighted by Crippen LogP contribution is 2.26. The predicted molar refractivity (Wildman–Crippen MR) is 89.2 cm³/mol. The van der Waals surface area contributed by atoms with Crippen LogP contribution < -0.4 is 5.32 Å². The van der Waals surface area contributed by atoms with Crippen LogP contribution in [0.3, 0.4) is 0 Å². The van der Waals surface area contributed by atoms with Gasteiger partial charge in [0.1, 0.15) is 5.01 Å². The quantitative estimate of drug-likeness (QED) is 0.793. The molecule has 1 aromatic heterocycles. The van der Waals surface area contributed by atoms with Gasteiger partial charge in [-0.3, -0.25) is 10.1 Å². The van der Waals surface area contributed by atoms with Gasteiger partial charge in [0.2, 0.25) is 5.13 Å². The molecule has 0 aliphatic heterocycles. The number of anilines is 1. The van der Waals surface area contributed by atoms with E-state index in [1.165, 1.54) is 11.3 Å². The van der Waals surface area contributed by atoms with Gasteiger partial charge in [-0.2, -0.15) is 0 Å². The second kappa shape index (κ2) is 6.07. The number of hydrogen-bond donors (Lipinski definition) is 1. The maximum absolute atomic E-state index is 12.3. The molecule has 1 N–H and O–H groups in total. The van der Waals surface area contributed by atoms with Crippen LogP contribution in [0, 0.1) is 13.8 Å². The number of amides is 1. The topological polar surface area (TPSA) is 54.9 Å². The number of nitrogens with one attached hydrogen (secondary N) is 1. The summed E-state index contributed by atoms with van der Waals surface area (Å²) < 4.78 is 0. The molecule has 110 valence electrons. The number of hydrogen-bond acceptors (Lipinski definition) is 4. The summed E-state index contributed by atoms with van der Waals surface area (Å²) in [5.74, 6) is -0.159. The maximum atomic E-state index is 12.3. The average molecular weight is 309 g/mol. The molecular formula is C17H15N3OS. The zero-order valence-corrected chi connectivity index (χ0v) is 13.1. The maximum Gasteiger partial charge on any atom is 0.257 e. The highest BCUT2D eigenvalue weighted by Gasteiger charge is 2.13. The van der Waals surface area contributed by atoms with E-state index >= 15 is 0 Å². The SMILES string of the molecule is Cc1ccc(C(=O)Nc2nnc(-c3ccccc3)s2)c(C)c1. The van der Waals surface area contributed by atoms with E-state index in [9.17, 15) is 4.79 Å². The lowest BCUT2D eigenvalue weighted by Crippen LogP contribution is -2.13. The minimum Gasteiger partial charge on any atom is -0.296 e. The third-order valence-electron chi connectivity index (χ3n) is 3.29. The summed E-state index contributed by atoms with van der Waals surface area (Å²) in [6.45, 7) is 3.93. The standard InChI is InChI=1S/C17H15N3OS/c1-11-8-9-14(12(2)10-11)15(21)18-17-20-19-16(22-17)13-6-4-3-5-7-13/h3-10H,1-2H3,(H,18,20,21). The first-order chi connectivity index (χ1) is 10.6. The van der Waals surface area contributed by atoms with Crippen molar-refractivity contribution in [3.63, 3.8) is 0 Å². The minimum atomic E-state index is -0.159. The van der Waals surface area contributed by atoms with Crippen molar-refractivity contribution in [2.45, 2.75) is 13.8 Å². The summed E-state index contributed by atoms with van der Waals surface area (Å²) in [6, 6.07) is 15.5. The Kier molecular flexibility index (Phi) is 3.98. The van der Waals surface area contributed by atoms with Crippen LogP contribution >= 0.6 is 11.3 Å². The normalized spacial score (nSPS) is 10.5. The average Bonchev–Trinajstić information content (AvgIpc) is 2.96. The number of rotatable bonds is 3. The second-order valence-electron chi connectivity index (χ2n) is 5.05. The Balaban J connectivity index is 1.79. The largest absolute Gasteiger partial charge is 0.296 e. The molecule has 3 rings (SSSR count). The van der Waals surface area contributed by atoms with Gasteiger partial charge in [0.15, 0.2) is 0 Å². The Morgan fingerprint density at radius 3 is 2.55 bits per heavy atom. The molecule has 0 aliphatic rings. The summed E-state index contributed by atoms with van der Waals surface area (Å²) >= 11 is 1.36. The smallest absolute Gasteiger partial charge is 0.257 e. The number of aryl methyl sites for hydroxylation is 2. The van der Waals surface area contributed by atoms with Gasteiger partial charge in [-0.1, -0.05) is 59.4 Å². The lowest BCUT2D eigenvalue weighted by atomic mass is 10.1. The van der Waals surface area contributed by atoms with Crippen LogP contribution in [0.2, 0.25) is 0 Å². The first-order valence-electron chi connectivity index (χ1n) is 6.91. The van der Waals surface area contributed by atoms with Crippen molar-refractivity contribution in [1.29, 1.82) is 0 Å². The Labute approximate surface area is 132 Å². The van der Waals surface area contributed by atoms with E-state index in [0.717, 1.165) is 21.7 Å². The molecule has 1 amide bonds. The molecule has 4 nitrogen and oxygen atoms in total. The summed E-state index contributed by atoms with van der Waals surface area (Å²) in [4.78, 5) is 12.3. The zero-order chi connectivity index (χ0) is 15.5. The highest BCUT2D eigenvalue weighted by molar-refractivity contribution is 7.18. The lowest BCUT2D eigenvalue weighted by molar-refractivity contribution is 0.102. The minimum absolute atomic E-state index is 0.159. The Morgan fingerprint density at radius 1 is 1.05 bits per heavy atom. The number of aromatic nitrogens is 2. The molecule has 0 aliphatic carbocycles. The van der Waals surface area contributed by atoms with Crippen LogP contribution in [0.4, 0.5) is 5.13 Å². The van der Waals surface area contributed by atoms with Crippen molar-refractivity contribution in [3.8, 4) is 10.6 Å². The predicted octanol–water partition coefficient (Wildman–Crippen LogP) is 4.07. The number of carbonyl (C=O) groups is 1. The van der Waals surface area contributed by atoms with Crippen LogP contribution in [0.15, 0.2) is 48.5 Å². The molecule has 0 saturated heterocycles. The summed E-state index contributed by atoms with van der Waals surface area (Å²) in [5.41, 5.74) is 3.73. The molecule has 0 atom stereocenters. The van der Waals surface area contributed by atoms with Gasteiger partial charge in [0.05, 0.1) is 0 Å². The van der Waals surface area contributed by atoms with E-state index in [1.54, 1.807) is 0 Å². The van der Waals surface area contributed by atoms with Crippen LogP contribution in [0.1, 0.15) is 21.5 Å². The van der Waals surface area contributed by atoms with Crippen LogP contribution in [-0.4, -0.2) is 16.1 Å². The van der Waals surface area contributed by atoms with Gasteiger partial charge in [-0.05, 0) is 25.5 Å². The third kappa shape index (κ3) is 3.04. The molecule has 3 aromatic rings. The number of benzene rings is 2. The Bertz CT molecular complexity index is 812. The molecule has 0 spiro atoms. The summed E-state index contributed by atoms with van der Waals surface area (Å²) in [5, 5.41) is 12.3. The van der Waals surface area contributed by atoms with E-state index < -0.39 is 0 Å². The molecule has 0 saturated carbocycles. The fraction of sp³-hybridized carbons (Fsp3) is 0.118. The van der Waals surface area contributed by atoms with Crippen LogP contribution in [0.25, 0.3) is 10.6 Å². The van der Waals surface area contributed by atoms with Gasteiger partial charge in [-0.15, -0.1) is 10.2 Å². The number of carbonyl (C=O) groups excluding carboxylic acids is 1. The Morgan fingerprint density at radius 2 is 1.82 bits per heavy atom. The van der Waals surface area contributed by atoms with Crippen molar-refractivity contribution in [1.82, 2.24) is 10.2 Å². The molecule has 0 fully saturated rings. The molecule has 0 unspecified atom stereocenters. The van der Waals surface area contributed by atoms with Gasteiger partial charge < -0.3 is 0 Å². The molecule has 5 heteroatoms. The first-order valence-corrected chi connectivity index (χ1v) is 7.72. The van der Waals surface area contributed by atoms with Crippen molar-refractivity contribution in [2.75, 3.05) is 5.32 Å². The van der Waals surface area contributed by atoms with Crippen molar-refractivity contribution in [3.05, 3.63) is 65.2 Å². The molecule has 0 bridgehead atoms. The van der Waals surface area contributed by atoms with E-state index in [4.69, 9.17) is 0 Å².